The standard InChI is InChI=1S/C25H34N2O3S/c1-4-5-6-11-23(28)26(15-16-30-3)18-24(29)27-14-12-22-21(13-17-31-22)25(27)20-10-8-7-9-19(20)2/h7-10,13,17,25H,4-6,11-12,14-16,18H2,1-3H3. The van der Waals surface area contributed by atoms with Gasteiger partial charge >= 0.3 is 0 Å². The van der Waals surface area contributed by atoms with Crippen LogP contribution in [0.4, 0.5) is 0 Å². The molecule has 0 bridgehead atoms. The Morgan fingerprint density at radius 3 is 2.74 bits per heavy atom. The molecule has 0 N–H and O–H groups in total. The Hall–Kier alpha value is -2.18. The fraction of sp³-hybridized carbons (Fsp3) is 0.520. The number of amides is 2. The maximum atomic E-state index is 13.5. The van der Waals surface area contributed by atoms with Crippen molar-refractivity contribution >= 4 is 23.2 Å². The molecule has 1 atom stereocenters. The Balaban J connectivity index is 1.82. The predicted molar refractivity (Wildman–Crippen MR) is 125 cm³/mol. The van der Waals surface area contributed by atoms with Crippen LogP contribution in [0.25, 0.3) is 0 Å². The minimum atomic E-state index is -0.0943. The molecule has 3 rings (SSSR count). The highest BCUT2D eigenvalue weighted by atomic mass is 32.1. The van der Waals surface area contributed by atoms with Gasteiger partial charge in [0.15, 0.2) is 0 Å². The first-order valence-corrected chi connectivity index (χ1v) is 12.1. The molecule has 1 aliphatic rings. The second-order valence-electron chi connectivity index (χ2n) is 8.16. The smallest absolute Gasteiger partial charge is 0.242 e. The highest BCUT2D eigenvalue weighted by molar-refractivity contribution is 7.10. The molecular weight excluding hydrogens is 408 g/mol. The summed E-state index contributed by atoms with van der Waals surface area (Å²) >= 11 is 1.77. The summed E-state index contributed by atoms with van der Waals surface area (Å²) in [5, 5.41) is 2.12. The van der Waals surface area contributed by atoms with Crippen molar-refractivity contribution in [3.63, 3.8) is 0 Å². The fourth-order valence-corrected chi connectivity index (χ4v) is 5.15. The van der Waals surface area contributed by atoms with E-state index in [4.69, 9.17) is 4.74 Å². The monoisotopic (exact) mass is 442 g/mol. The van der Waals surface area contributed by atoms with Crippen LogP contribution in [0.2, 0.25) is 0 Å². The zero-order valence-corrected chi connectivity index (χ0v) is 19.7. The number of ether oxygens (including phenoxy) is 1. The van der Waals surface area contributed by atoms with Crippen LogP contribution in [0.3, 0.4) is 0 Å². The van der Waals surface area contributed by atoms with E-state index < -0.39 is 0 Å². The third-order valence-corrected chi connectivity index (χ3v) is 7.00. The molecule has 0 radical (unpaired) electrons. The first-order chi connectivity index (χ1) is 15.1. The molecule has 0 fully saturated rings. The fourth-order valence-electron chi connectivity index (χ4n) is 4.25. The van der Waals surface area contributed by atoms with Crippen molar-refractivity contribution in [2.45, 2.75) is 52.0 Å². The highest BCUT2D eigenvalue weighted by Gasteiger charge is 2.34. The van der Waals surface area contributed by atoms with Crippen molar-refractivity contribution in [3.05, 3.63) is 57.3 Å². The minimum absolute atomic E-state index is 0.00467. The van der Waals surface area contributed by atoms with Crippen LogP contribution < -0.4 is 0 Å². The van der Waals surface area contributed by atoms with E-state index in [0.717, 1.165) is 31.2 Å². The number of thiophene rings is 1. The van der Waals surface area contributed by atoms with Crippen LogP contribution in [0.1, 0.15) is 60.2 Å². The van der Waals surface area contributed by atoms with Gasteiger partial charge in [-0.2, -0.15) is 0 Å². The molecule has 168 valence electrons. The topological polar surface area (TPSA) is 49.9 Å². The number of carbonyl (C=O) groups is 2. The molecule has 0 aliphatic carbocycles. The van der Waals surface area contributed by atoms with E-state index in [1.54, 1.807) is 23.3 Å². The number of hydrogen-bond donors (Lipinski definition) is 0. The van der Waals surface area contributed by atoms with E-state index in [2.05, 4.69) is 37.4 Å². The van der Waals surface area contributed by atoms with Crippen molar-refractivity contribution in [3.8, 4) is 0 Å². The molecule has 1 unspecified atom stereocenters. The molecule has 2 amide bonds. The lowest BCUT2D eigenvalue weighted by Gasteiger charge is -2.38. The molecule has 5 nitrogen and oxygen atoms in total. The first kappa shape index (κ1) is 23.5. The number of rotatable bonds is 10. The minimum Gasteiger partial charge on any atom is -0.383 e. The second-order valence-corrected chi connectivity index (χ2v) is 9.16. The molecule has 2 heterocycles. The average Bonchev–Trinajstić information content (AvgIpc) is 3.25. The summed E-state index contributed by atoms with van der Waals surface area (Å²) < 4.78 is 5.20. The summed E-state index contributed by atoms with van der Waals surface area (Å²) in [5.41, 5.74) is 3.56. The van der Waals surface area contributed by atoms with Crippen molar-refractivity contribution in [2.75, 3.05) is 33.4 Å². The molecule has 1 aromatic carbocycles. The van der Waals surface area contributed by atoms with Crippen molar-refractivity contribution < 1.29 is 14.3 Å². The zero-order valence-electron chi connectivity index (χ0n) is 18.9. The van der Waals surface area contributed by atoms with Gasteiger partial charge in [-0.25, -0.2) is 0 Å². The van der Waals surface area contributed by atoms with E-state index in [1.807, 2.05) is 17.0 Å². The number of hydrogen-bond acceptors (Lipinski definition) is 4. The molecule has 31 heavy (non-hydrogen) atoms. The van der Waals surface area contributed by atoms with Gasteiger partial charge in [0.1, 0.15) is 0 Å². The van der Waals surface area contributed by atoms with Crippen molar-refractivity contribution in [2.24, 2.45) is 0 Å². The molecule has 1 aromatic heterocycles. The van der Waals surface area contributed by atoms with Gasteiger partial charge in [-0.1, -0.05) is 44.0 Å². The lowest BCUT2D eigenvalue weighted by atomic mass is 9.90. The predicted octanol–water partition coefficient (Wildman–Crippen LogP) is 4.59. The van der Waals surface area contributed by atoms with Crippen LogP contribution in [0.5, 0.6) is 0 Å². The summed E-state index contributed by atoms with van der Waals surface area (Å²) in [6.45, 7) is 5.88. The van der Waals surface area contributed by atoms with Crippen LogP contribution in [-0.4, -0.2) is 55.0 Å². The second kappa shape index (κ2) is 11.4. The van der Waals surface area contributed by atoms with Gasteiger partial charge in [0.05, 0.1) is 19.2 Å². The Morgan fingerprint density at radius 2 is 2.00 bits per heavy atom. The summed E-state index contributed by atoms with van der Waals surface area (Å²) in [4.78, 5) is 31.3. The lowest BCUT2D eigenvalue weighted by Crippen LogP contribution is -2.47. The Morgan fingerprint density at radius 1 is 1.19 bits per heavy atom. The summed E-state index contributed by atoms with van der Waals surface area (Å²) in [5.74, 6) is 0.0459. The number of fused-ring (bicyclic) bond motifs is 1. The molecular formula is C25H34N2O3S. The van der Waals surface area contributed by atoms with Gasteiger partial charge in [0.25, 0.3) is 0 Å². The van der Waals surface area contributed by atoms with Crippen molar-refractivity contribution in [1.29, 1.82) is 0 Å². The molecule has 0 saturated carbocycles. The van der Waals surface area contributed by atoms with Crippen LogP contribution in [0, 0.1) is 6.92 Å². The van der Waals surface area contributed by atoms with E-state index >= 15 is 0 Å². The largest absolute Gasteiger partial charge is 0.383 e. The number of aryl methyl sites for hydroxylation is 1. The van der Waals surface area contributed by atoms with Gasteiger partial charge < -0.3 is 14.5 Å². The first-order valence-electron chi connectivity index (χ1n) is 11.2. The average molecular weight is 443 g/mol. The Bertz CT molecular complexity index is 879. The molecule has 6 heteroatoms. The number of unbranched alkanes of at least 4 members (excludes halogenated alkanes) is 2. The van der Waals surface area contributed by atoms with E-state index in [1.165, 1.54) is 16.0 Å². The summed E-state index contributed by atoms with van der Waals surface area (Å²) in [6, 6.07) is 10.3. The molecule has 1 aliphatic heterocycles. The molecule has 0 saturated heterocycles. The van der Waals surface area contributed by atoms with Crippen molar-refractivity contribution in [1.82, 2.24) is 9.80 Å². The Kier molecular flexibility index (Phi) is 8.67. The third kappa shape index (κ3) is 5.74. The quantitative estimate of drug-likeness (QED) is 0.506. The van der Waals surface area contributed by atoms with Crippen LogP contribution >= 0.6 is 11.3 Å². The number of nitrogens with zero attached hydrogens (tertiary/aromatic N) is 2. The summed E-state index contributed by atoms with van der Waals surface area (Å²) in [6.07, 6.45) is 4.31. The number of carbonyl (C=O) groups excluding carboxylic acids is 2. The lowest BCUT2D eigenvalue weighted by molar-refractivity contribution is -0.142. The number of benzene rings is 1. The Labute approximate surface area is 190 Å². The normalized spacial score (nSPS) is 15.6. The molecule has 0 spiro atoms. The SMILES string of the molecule is CCCCCC(=O)N(CCOC)CC(=O)N1CCc2sccc2C1c1ccccc1C. The highest BCUT2D eigenvalue weighted by Crippen LogP contribution is 2.39. The van der Waals surface area contributed by atoms with Crippen LogP contribution in [-0.2, 0) is 20.7 Å². The maximum Gasteiger partial charge on any atom is 0.242 e. The van der Waals surface area contributed by atoms with Crippen LogP contribution in [0.15, 0.2) is 35.7 Å². The van der Waals surface area contributed by atoms with E-state index in [0.29, 0.717) is 26.1 Å². The number of methoxy groups -OCH3 is 1. The van der Waals surface area contributed by atoms with E-state index in [-0.39, 0.29) is 24.4 Å². The third-order valence-electron chi connectivity index (χ3n) is 6.01. The van der Waals surface area contributed by atoms with Gasteiger partial charge in [-0.05, 0) is 47.9 Å². The maximum absolute atomic E-state index is 13.5. The molecule has 2 aromatic rings. The van der Waals surface area contributed by atoms with E-state index in [9.17, 15) is 9.59 Å². The van der Waals surface area contributed by atoms with Gasteiger partial charge in [0, 0.05) is 31.5 Å². The van der Waals surface area contributed by atoms with Gasteiger partial charge in [0.2, 0.25) is 11.8 Å². The summed E-state index contributed by atoms with van der Waals surface area (Å²) in [7, 11) is 1.62. The zero-order chi connectivity index (χ0) is 22.2. The van der Waals surface area contributed by atoms with Gasteiger partial charge in [-0.3, -0.25) is 9.59 Å². The van der Waals surface area contributed by atoms with Gasteiger partial charge in [-0.15, -0.1) is 11.3 Å².